The van der Waals surface area contributed by atoms with Crippen LogP contribution in [-0.2, 0) is 4.79 Å². The zero-order valence-electron chi connectivity index (χ0n) is 12.1. The maximum atomic E-state index is 12.0. The van der Waals surface area contributed by atoms with Crippen LogP contribution in [0.4, 0.5) is 0 Å². The average Bonchev–Trinajstić information content (AvgIpc) is 2.96. The number of aromatic amines is 2. The smallest absolute Gasteiger partial charge is 0.223 e. The standard InChI is InChI=1S/C14H15N5O3.ClH/c20-12(10-4-15-6-18-10)1-2-17-14(22)9-3-8(9)13(21)11-5-16-7-19-11;/h4-9H,1-3H2,(H,15,18)(H,16,19)(H,17,22);1H/t8-,9+;/m0./s1. The molecule has 0 radical (unpaired) electrons. The molecule has 0 aromatic carbocycles. The molecule has 23 heavy (non-hydrogen) atoms. The summed E-state index contributed by atoms with van der Waals surface area (Å²) in [7, 11) is 0. The number of Topliss-reactive ketones (excluding diaryl/α,β-unsaturated/α-hetero) is 2. The van der Waals surface area contributed by atoms with Gasteiger partial charge in [0, 0.05) is 24.8 Å². The van der Waals surface area contributed by atoms with E-state index in [-0.39, 0.29) is 54.7 Å². The summed E-state index contributed by atoms with van der Waals surface area (Å²) in [5.41, 5.74) is 0.850. The first-order chi connectivity index (χ1) is 10.7. The molecule has 0 bridgehead atoms. The van der Waals surface area contributed by atoms with E-state index in [2.05, 4.69) is 25.3 Å². The molecule has 0 saturated heterocycles. The highest BCUT2D eigenvalue weighted by Gasteiger charge is 2.48. The maximum Gasteiger partial charge on any atom is 0.223 e. The van der Waals surface area contributed by atoms with Crippen LogP contribution in [0.2, 0.25) is 0 Å². The van der Waals surface area contributed by atoms with Crippen LogP contribution in [0.3, 0.4) is 0 Å². The van der Waals surface area contributed by atoms with Gasteiger partial charge in [-0.05, 0) is 6.42 Å². The van der Waals surface area contributed by atoms with Crippen LogP contribution in [-0.4, -0.2) is 44.0 Å². The van der Waals surface area contributed by atoms with Crippen molar-refractivity contribution in [2.45, 2.75) is 12.8 Å². The third-order valence-electron chi connectivity index (χ3n) is 3.68. The van der Waals surface area contributed by atoms with Crippen molar-refractivity contribution in [3.8, 4) is 0 Å². The molecular formula is C14H16ClN5O3. The summed E-state index contributed by atoms with van der Waals surface area (Å²) in [6.07, 6.45) is 6.51. The second-order valence-corrected chi connectivity index (χ2v) is 5.21. The van der Waals surface area contributed by atoms with Crippen LogP contribution < -0.4 is 5.32 Å². The minimum atomic E-state index is -0.307. The molecule has 2 aromatic rings. The second-order valence-electron chi connectivity index (χ2n) is 5.21. The van der Waals surface area contributed by atoms with Crippen molar-refractivity contribution in [2.75, 3.05) is 6.54 Å². The van der Waals surface area contributed by atoms with Crippen molar-refractivity contribution in [3.63, 3.8) is 0 Å². The van der Waals surface area contributed by atoms with E-state index < -0.39 is 0 Å². The van der Waals surface area contributed by atoms with Gasteiger partial charge in [0.25, 0.3) is 0 Å². The first kappa shape index (κ1) is 16.9. The Kier molecular flexibility index (Phi) is 5.28. The minimum Gasteiger partial charge on any atom is -0.355 e. The molecule has 2 atom stereocenters. The Hall–Kier alpha value is -2.48. The van der Waals surface area contributed by atoms with Gasteiger partial charge in [-0.3, -0.25) is 14.4 Å². The van der Waals surface area contributed by atoms with E-state index in [9.17, 15) is 14.4 Å². The van der Waals surface area contributed by atoms with E-state index in [1.54, 1.807) is 0 Å². The quantitative estimate of drug-likeness (QED) is 0.644. The molecule has 9 heteroatoms. The van der Waals surface area contributed by atoms with E-state index in [0.717, 1.165) is 0 Å². The van der Waals surface area contributed by atoms with E-state index in [0.29, 0.717) is 17.8 Å². The highest BCUT2D eigenvalue weighted by atomic mass is 35.5. The van der Waals surface area contributed by atoms with Gasteiger partial charge < -0.3 is 15.3 Å². The first-order valence-corrected chi connectivity index (χ1v) is 6.98. The van der Waals surface area contributed by atoms with Crippen LogP contribution in [0.1, 0.15) is 33.8 Å². The van der Waals surface area contributed by atoms with Crippen molar-refractivity contribution >= 4 is 29.9 Å². The molecule has 3 rings (SSSR count). The highest BCUT2D eigenvalue weighted by Crippen LogP contribution is 2.40. The molecule has 0 spiro atoms. The van der Waals surface area contributed by atoms with Gasteiger partial charge in [0.05, 0.1) is 25.0 Å². The van der Waals surface area contributed by atoms with E-state index in [1.165, 1.54) is 25.0 Å². The first-order valence-electron chi connectivity index (χ1n) is 6.98. The molecule has 1 aliphatic carbocycles. The van der Waals surface area contributed by atoms with Crippen molar-refractivity contribution in [2.24, 2.45) is 11.8 Å². The maximum absolute atomic E-state index is 12.0. The lowest BCUT2D eigenvalue weighted by Gasteiger charge is -2.03. The lowest BCUT2D eigenvalue weighted by molar-refractivity contribution is -0.122. The van der Waals surface area contributed by atoms with Crippen molar-refractivity contribution < 1.29 is 14.4 Å². The largest absolute Gasteiger partial charge is 0.355 e. The number of imidazole rings is 2. The number of hydrogen-bond acceptors (Lipinski definition) is 5. The summed E-state index contributed by atoms with van der Waals surface area (Å²) in [6, 6.07) is 0. The summed E-state index contributed by atoms with van der Waals surface area (Å²) in [5, 5.41) is 2.70. The number of aromatic nitrogens is 4. The van der Waals surface area contributed by atoms with E-state index in [1.807, 2.05) is 0 Å². The molecule has 0 unspecified atom stereocenters. The SMILES string of the molecule is Cl.O=C(CCNC(=O)[C@@H]1C[C@@H]1C(=O)c1cnc[nH]1)c1cnc[nH]1. The molecule has 3 N–H and O–H groups in total. The normalized spacial score (nSPS) is 18.8. The number of hydrogen-bond donors (Lipinski definition) is 3. The number of nitrogens with zero attached hydrogens (tertiary/aromatic N) is 2. The summed E-state index contributed by atoms with van der Waals surface area (Å²) < 4.78 is 0. The van der Waals surface area contributed by atoms with Crippen LogP contribution in [0.5, 0.6) is 0 Å². The van der Waals surface area contributed by atoms with Gasteiger partial charge in [0.1, 0.15) is 11.4 Å². The van der Waals surface area contributed by atoms with Gasteiger partial charge in [0.2, 0.25) is 5.91 Å². The van der Waals surface area contributed by atoms with Crippen LogP contribution in [0.25, 0.3) is 0 Å². The fourth-order valence-electron chi connectivity index (χ4n) is 2.34. The minimum absolute atomic E-state index is 0. The number of nitrogens with one attached hydrogen (secondary N) is 3. The molecule has 1 fully saturated rings. The Bertz CT molecular complexity index is 683. The van der Waals surface area contributed by atoms with Gasteiger partial charge >= 0.3 is 0 Å². The molecule has 122 valence electrons. The molecule has 1 aliphatic rings. The second kappa shape index (κ2) is 7.19. The lowest BCUT2D eigenvalue weighted by atomic mass is 10.1. The average molecular weight is 338 g/mol. The van der Waals surface area contributed by atoms with Gasteiger partial charge in [0.15, 0.2) is 11.6 Å². The summed E-state index contributed by atoms with van der Waals surface area (Å²) in [6.45, 7) is 0.248. The number of halogens is 1. The molecular weight excluding hydrogens is 322 g/mol. The van der Waals surface area contributed by atoms with Crippen LogP contribution in [0.15, 0.2) is 25.0 Å². The fraction of sp³-hybridized carbons (Fsp3) is 0.357. The van der Waals surface area contributed by atoms with Gasteiger partial charge in [-0.2, -0.15) is 0 Å². The summed E-state index contributed by atoms with van der Waals surface area (Å²) >= 11 is 0. The Labute approximate surface area is 137 Å². The van der Waals surface area contributed by atoms with E-state index in [4.69, 9.17) is 0 Å². The zero-order chi connectivity index (χ0) is 15.5. The molecule has 1 amide bonds. The third kappa shape index (κ3) is 3.84. The fourth-order valence-corrected chi connectivity index (χ4v) is 2.34. The number of carbonyl (C=O) groups is 3. The van der Waals surface area contributed by atoms with E-state index >= 15 is 0 Å². The lowest BCUT2D eigenvalue weighted by Crippen LogP contribution is -2.28. The number of carbonyl (C=O) groups excluding carboxylic acids is 3. The molecule has 1 saturated carbocycles. The predicted molar refractivity (Wildman–Crippen MR) is 82.3 cm³/mol. The Morgan fingerprint density at radius 2 is 1.74 bits per heavy atom. The van der Waals surface area contributed by atoms with Crippen LogP contribution in [0, 0.1) is 11.8 Å². The highest BCUT2D eigenvalue weighted by molar-refractivity contribution is 6.02. The topological polar surface area (TPSA) is 121 Å². The van der Waals surface area contributed by atoms with Gasteiger partial charge in [-0.15, -0.1) is 12.4 Å². The Morgan fingerprint density at radius 1 is 1.09 bits per heavy atom. The predicted octanol–water partition coefficient (Wildman–Crippen LogP) is 0.763. The van der Waals surface area contributed by atoms with Crippen molar-refractivity contribution in [1.29, 1.82) is 0 Å². The number of amides is 1. The molecule has 0 aliphatic heterocycles. The Morgan fingerprint density at radius 3 is 2.35 bits per heavy atom. The zero-order valence-corrected chi connectivity index (χ0v) is 12.9. The third-order valence-corrected chi connectivity index (χ3v) is 3.68. The number of H-pyrrole nitrogens is 2. The molecule has 2 aromatic heterocycles. The van der Waals surface area contributed by atoms with Gasteiger partial charge in [-0.1, -0.05) is 0 Å². The van der Waals surface area contributed by atoms with Crippen molar-refractivity contribution in [1.82, 2.24) is 25.3 Å². The Balaban J connectivity index is 0.00000192. The van der Waals surface area contributed by atoms with Gasteiger partial charge in [-0.25, -0.2) is 9.97 Å². The number of ketones is 2. The summed E-state index contributed by atoms with van der Waals surface area (Å²) in [5.74, 6) is -0.984. The van der Waals surface area contributed by atoms with Crippen molar-refractivity contribution in [3.05, 3.63) is 36.4 Å². The summed E-state index contributed by atoms with van der Waals surface area (Å²) in [4.78, 5) is 48.7. The molecule has 8 nitrogen and oxygen atoms in total. The monoisotopic (exact) mass is 337 g/mol. The van der Waals surface area contributed by atoms with Crippen LogP contribution >= 0.6 is 12.4 Å². The number of rotatable bonds is 7. The molecule has 2 heterocycles.